The summed E-state index contributed by atoms with van der Waals surface area (Å²) in [5, 5.41) is 6.52. The van der Waals surface area contributed by atoms with Crippen molar-refractivity contribution in [3.05, 3.63) is 65.7 Å². The van der Waals surface area contributed by atoms with Crippen molar-refractivity contribution in [3.63, 3.8) is 0 Å². The zero-order chi connectivity index (χ0) is 20.9. The molecule has 0 saturated carbocycles. The Labute approximate surface area is 179 Å². The van der Waals surface area contributed by atoms with Gasteiger partial charge in [-0.2, -0.15) is 5.10 Å². The number of carbonyl (C=O) groups is 1. The number of carbonyl (C=O) groups excluding carboxylic acids is 1. The normalized spacial score (nSPS) is 20.3. The molecule has 4 rings (SSSR count). The molecule has 2 aliphatic heterocycles. The summed E-state index contributed by atoms with van der Waals surface area (Å²) in [5.74, 6) is 1.68. The molecule has 2 aromatic rings. The number of benzene rings is 2. The lowest BCUT2D eigenvalue weighted by Crippen LogP contribution is -2.41. The van der Waals surface area contributed by atoms with E-state index in [0.717, 1.165) is 60.9 Å². The topological polar surface area (TPSA) is 45.1 Å². The van der Waals surface area contributed by atoms with Gasteiger partial charge in [0.15, 0.2) is 0 Å². The SMILES string of the molecule is CCOc1ccc([C@H]2CC(c3ccccc3)=NN2C(=O)CN2CCC(C)CC2)cc1. The molecular weight excluding hydrogens is 374 g/mol. The molecule has 30 heavy (non-hydrogen) atoms. The van der Waals surface area contributed by atoms with Crippen LogP contribution < -0.4 is 4.74 Å². The first kappa shape index (κ1) is 20.6. The molecule has 1 saturated heterocycles. The maximum atomic E-state index is 13.3. The van der Waals surface area contributed by atoms with E-state index in [1.54, 1.807) is 5.01 Å². The Morgan fingerprint density at radius 1 is 1.07 bits per heavy atom. The summed E-state index contributed by atoms with van der Waals surface area (Å²) in [5.41, 5.74) is 3.14. The minimum atomic E-state index is -0.0768. The van der Waals surface area contributed by atoms with Crippen LogP contribution in [0.2, 0.25) is 0 Å². The summed E-state index contributed by atoms with van der Waals surface area (Å²) >= 11 is 0. The number of ether oxygens (including phenoxy) is 1. The Bertz CT molecular complexity index is 871. The van der Waals surface area contributed by atoms with E-state index in [9.17, 15) is 4.79 Å². The highest BCUT2D eigenvalue weighted by Gasteiger charge is 2.34. The van der Waals surface area contributed by atoms with Crippen molar-refractivity contribution >= 4 is 11.6 Å². The summed E-state index contributed by atoms with van der Waals surface area (Å²) in [4.78, 5) is 15.5. The molecule has 5 heteroatoms. The Kier molecular flexibility index (Phi) is 6.48. The van der Waals surface area contributed by atoms with Crippen molar-refractivity contribution in [2.75, 3.05) is 26.2 Å². The summed E-state index contributed by atoms with van der Waals surface area (Å²) in [7, 11) is 0. The molecule has 2 heterocycles. The van der Waals surface area contributed by atoms with Crippen molar-refractivity contribution < 1.29 is 9.53 Å². The molecule has 1 amide bonds. The fourth-order valence-corrected chi connectivity index (χ4v) is 4.24. The molecule has 0 spiro atoms. The predicted octanol–water partition coefficient (Wildman–Crippen LogP) is 4.49. The largest absolute Gasteiger partial charge is 0.494 e. The fraction of sp³-hybridized carbons (Fsp3) is 0.440. The maximum absolute atomic E-state index is 13.3. The van der Waals surface area contributed by atoms with Crippen LogP contribution in [0.25, 0.3) is 0 Å². The molecule has 0 aromatic heterocycles. The van der Waals surface area contributed by atoms with Gasteiger partial charge in [0.2, 0.25) is 0 Å². The molecule has 2 aliphatic rings. The van der Waals surface area contributed by atoms with Crippen LogP contribution in [0.1, 0.15) is 50.3 Å². The van der Waals surface area contributed by atoms with Crippen molar-refractivity contribution in [1.82, 2.24) is 9.91 Å². The zero-order valence-electron chi connectivity index (χ0n) is 18.0. The van der Waals surface area contributed by atoms with Gasteiger partial charge in [-0.1, -0.05) is 49.4 Å². The molecule has 0 N–H and O–H groups in total. The van der Waals surface area contributed by atoms with Crippen LogP contribution in [0.4, 0.5) is 0 Å². The molecule has 1 fully saturated rings. The van der Waals surface area contributed by atoms with Crippen LogP contribution >= 0.6 is 0 Å². The maximum Gasteiger partial charge on any atom is 0.257 e. The first-order valence-electron chi connectivity index (χ1n) is 11.0. The lowest BCUT2D eigenvalue weighted by Gasteiger charge is -2.31. The van der Waals surface area contributed by atoms with E-state index in [2.05, 4.69) is 36.1 Å². The fourth-order valence-electron chi connectivity index (χ4n) is 4.24. The number of hydrogen-bond donors (Lipinski definition) is 0. The molecule has 0 unspecified atom stereocenters. The van der Waals surface area contributed by atoms with Crippen molar-refractivity contribution in [2.24, 2.45) is 11.0 Å². The summed E-state index contributed by atoms with van der Waals surface area (Å²) in [6.45, 7) is 7.33. The van der Waals surface area contributed by atoms with Crippen LogP contribution in [0.15, 0.2) is 59.7 Å². The van der Waals surface area contributed by atoms with Crippen molar-refractivity contribution in [1.29, 1.82) is 0 Å². The third-order valence-electron chi connectivity index (χ3n) is 6.08. The summed E-state index contributed by atoms with van der Waals surface area (Å²) < 4.78 is 5.58. The highest BCUT2D eigenvalue weighted by molar-refractivity contribution is 6.03. The Balaban J connectivity index is 1.55. The standard InChI is InChI=1S/C25H31N3O2/c1-3-30-22-11-9-21(10-12-22)24-17-23(20-7-5-4-6-8-20)26-28(24)25(29)18-27-15-13-19(2)14-16-27/h4-12,19,24H,3,13-18H2,1-2H3/t24-/m1/s1. The lowest BCUT2D eigenvalue weighted by molar-refractivity contribution is -0.134. The molecule has 0 radical (unpaired) electrons. The van der Waals surface area contributed by atoms with E-state index >= 15 is 0 Å². The zero-order valence-corrected chi connectivity index (χ0v) is 18.0. The van der Waals surface area contributed by atoms with Gasteiger partial charge in [-0.15, -0.1) is 0 Å². The predicted molar refractivity (Wildman–Crippen MR) is 120 cm³/mol. The van der Waals surface area contributed by atoms with Gasteiger partial charge in [0.05, 0.1) is 24.9 Å². The minimum Gasteiger partial charge on any atom is -0.494 e. The van der Waals surface area contributed by atoms with E-state index in [-0.39, 0.29) is 11.9 Å². The average molecular weight is 406 g/mol. The molecule has 1 atom stereocenters. The number of likely N-dealkylation sites (tertiary alicyclic amines) is 1. The average Bonchev–Trinajstić information content (AvgIpc) is 3.22. The third-order valence-corrected chi connectivity index (χ3v) is 6.08. The van der Waals surface area contributed by atoms with Gasteiger partial charge < -0.3 is 4.74 Å². The number of rotatable bonds is 6. The Hall–Kier alpha value is -2.66. The van der Waals surface area contributed by atoms with E-state index in [1.165, 1.54) is 0 Å². The molecule has 0 aliphatic carbocycles. The van der Waals surface area contributed by atoms with Crippen LogP contribution in [0, 0.1) is 5.92 Å². The van der Waals surface area contributed by atoms with Crippen LogP contribution in [-0.4, -0.2) is 47.8 Å². The number of hydrogen-bond acceptors (Lipinski definition) is 4. The quantitative estimate of drug-likeness (QED) is 0.711. The molecule has 0 bridgehead atoms. The van der Waals surface area contributed by atoms with Crippen LogP contribution in [0.5, 0.6) is 5.75 Å². The van der Waals surface area contributed by atoms with Gasteiger partial charge >= 0.3 is 0 Å². The second kappa shape index (κ2) is 9.43. The van der Waals surface area contributed by atoms with Crippen LogP contribution in [0.3, 0.4) is 0 Å². The first-order chi connectivity index (χ1) is 14.6. The van der Waals surface area contributed by atoms with Crippen LogP contribution in [-0.2, 0) is 4.79 Å². The monoisotopic (exact) mass is 405 g/mol. The van der Waals surface area contributed by atoms with Gasteiger partial charge in [0.25, 0.3) is 5.91 Å². The third kappa shape index (κ3) is 4.73. The second-order valence-corrected chi connectivity index (χ2v) is 8.33. The smallest absolute Gasteiger partial charge is 0.257 e. The molecule has 2 aromatic carbocycles. The van der Waals surface area contributed by atoms with E-state index in [1.807, 2.05) is 37.3 Å². The number of nitrogens with zero attached hydrogens (tertiary/aromatic N) is 3. The minimum absolute atomic E-state index is 0.0768. The number of hydrazone groups is 1. The number of amides is 1. The second-order valence-electron chi connectivity index (χ2n) is 8.33. The Morgan fingerprint density at radius 2 is 1.77 bits per heavy atom. The molecular formula is C25H31N3O2. The van der Waals surface area contributed by atoms with Gasteiger partial charge in [-0.25, -0.2) is 5.01 Å². The van der Waals surface area contributed by atoms with Gasteiger partial charge in [-0.05, 0) is 62.0 Å². The highest BCUT2D eigenvalue weighted by Crippen LogP contribution is 2.34. The van der Waals surface area contributed by atoms with Gasteiger partial charge in [0.1, 0.15) is 5.75 Å². The Morgan fingerprint density at radius 3 is 2.43 bits per heavy atom. The lowest BCUT2D eigenvalue weighted by atomic mass is 9.98. The van der Waals surface area contributed by atoms with Gasteiger partial charge in [-0.3, -0.25) is 9.69 Å². The number of piperidine rings is 1. The molecule has 158 valence electrons. The van der Waals surface area contributed by atoms with Crippen molar-refractivity contribution in [2.45, 2.75) is 39.2 Å². The molecule has 5 nitrogen and oxygen atoms in total. The van der Waals surface area contributed by atoms with E-state index in [0.29, 0.717) is 13.2 Å². The van der Waals surface area contributed by atoms with E-state index < -0.39 is 0 Å². The highest BCUT2D eigenvalue weighted by atomic mass is 16.5. The van der Waals surface area contributed by atoms with Gasteiger partial charge in [0, 0.05) is 6.42 Å². The summed E-state index contributed by atoms with van der Waals surface area (Å²) in [6, 6.07) is 18.2. The van der Waals surface area contributed by atoms with Crippen molar-refractivity contribution in [3.8, 4) is 5.75 Å². The first-order valence-corrected chi connectivity index (χ1v) is 11.0. The summed E-state index contributed by atoms with van der Waals surface area (Å²) in [6.07, 6.45) is 3.04. The van der Waals surface area contributed by atoms with E-state index in [4.69, 9.17) is 9.84 Å².